The maximum Gasteiger partial charge on any atom is 0.176 e. The van der Waals surface area contributed by atoms with E-state index in [9.17, 15) is 4.79 Å². The molecule has 4 nitrogen and oxygen atoms in total. The van der Waals surface area contributed by atoms with Crippen molar-refractivity contribution in [2.75, 3.05) is 0 Å². The summed E-state index contributed by atoms with van der Waals surface area (Å²) in [7, 11) is 0. The van der Waals surface area contributed by atoms with Gasteiger partial charge in [0.2, 0.25) is 0 Å². The minimum absolute atomic E-state index is 0.00500. The number of nitrogens with one attached hydrogen (secondary N) is 1. The second-order valence-corrected chi connectivity index (χ2v) is 2.75. The number of ketones is 1. The van der Waals surface area contributed by atoms with Gasteiger partial charge in [-0.05, 0) is 12.5 Å². The van der Waals surface area contributed by atoms with Gasteiger partial charge in [-0.15, -0.1) is 0 Å². The molecule has 0 saturated heterocycles. The minimum Gasteiger partial charge on any atom is -0.358 e. The lowest BCUT2D eigenvalue weighted by molar-refractivity contribution is 0.101. The van der Waals surface area contributed by atoms with E-state index in [0.29, 0.717) is 12.1 Å². The first kappa shape index (κ1) is 9.51. The van der Waals surface area contributed by atoms with E-state index in [0.717, 1.165) is 11.3 Å². The minimum atomic E-state index is -0.00500. The molecule has 1 heterocycles. The standard InChI is InChI=1S/C9H13N3O/c1-3-8(12-10)7-4-5-11-9(7)6(2)13/h4-5,11H,3,10H2,1-2H3. The van der Waals surface area contributed by atoms with Gasteiger partial charge < -0.3 is 10.8 Å². The molecule has 0 unspecified atom stereocenters. The van der Waals surface area contributed by atoms with Gasteiger partial charge in [0.15, 0.2) is 5.78 Å². The third kappa shape index (κ3) is 1.77. The largest absolute Gasteiger partial charge is 0.358 e. The normalized spacial score (nSPS) is 11.7. The molecule has 3 N–H and O–H groups in total. The Balaban J connectivity index is 3.14. The number of rotatable bonds is 3. The van der Waals surface area contributed by atoms with Crippen LogP contribution in [-0.4, -0.2) is 16.5 Å². The molecule has 0 bridgehead atoms. The Morgan fingerprint density at radius 2 is 2.38 bits per heavy atom. The van der Waals surface area contributed by atoms with Gasteiger partial charge in [0, 0.05) is 18.7 Å². The van der Waals surface area contributed by atoms with Crippen molar-refractivity contribution in [2.24, 2.45) is 10.9 Å². The predicted molar refractivity (Wildman–Crippen MR) is 51.8 cm³/mol. The highest BCUT2D eigenvalue weighted by Gasteiger charge is 2.11. The Labute approximate surface area is 76.8 Å². The lowest BCUT2D eigenvalue weighted by Gasteiger charge is -2.00. The fourth-order valence-electron chi connectivity index (χ4n) is 1.25. The Kier molecular flexibility index (Phi) is 2.84. The van der Waals surface area contributed by atoms with Crippen LogP contribution in [0.3, 0.4) is 0 Å². The summed E-state index contributed by atoms with van der Waals surface area (Å²) in [5.41, 5.74) is 2.12. The molecule has 0 fully saturated rings. The predicted octanol–water partition coefficient (Wildman–Crippen LogP) is 1.29. The summed E-state index contributed by atoms with van der Waals surface area (Å²) in [5, 5.41) is 3.64. The molecule has 0 aromatic carbocycles. The van der Waals surface area contributed by atoms with Gasteiger partial charge in [0.05, 0.1) is 11.4 Å². The summed E-state index contributed by atoms with van der Waals surface area (Å²) in [6.07, 6.45) is 2.43. The zero-order valence-corrected chi connectivity index (χ0v) is 7.79. The molecule has 0 aliphatic heterocycles. The quantitative estimate of drug-likeness (QED) is 0.317. The van der Waals surface area contributed by atoms with E-state index in [-0.39, 0.29) is 5.78 Å². The molecule has 0 aliphatic carbocycles. The average Bonchev–Trinajstić information content (AvgIpc) is 2.55. The summed E-state index contributed by atoms with van der Waals surface area (Å²) < 4.78 is 0. The molecule has 13 heavy (non-hydrogen) atoms. The summed E-state index contributed by atoms with van der Waals surface area (Å²) in [5.74, 6) is 5.20. The van der Waals surface area contributed by atoms with Crippen molar-refractivity contribution < 1.29 is 4.79 Å². The van der Waals surface area contributed by atoms with Gasteiger partial charge in [0.25, 0.3) is 0 Å². The molecule has 0 aliphatic rings. The monoisotopic (exact) mass is 179 g/mol. The molecule has 1 aromatic heterocycles. The first-order valence-corrected chi connectivity index (χ1v) is 4.16. The van der Waals surface area contributed by atoms with E-state index in [1.807, 2.05) is 13.0 Å². The van der Waals surface area contributed by atoms with Gasteiger partial charge in [-0.3, -0.25) is 4.79 Å². The molecule has 1 rings (SSSR count). The summed E-state index contributed by atoms with van der Waals surface area (Å²) in [6.45, 7) is 3.46. The summed E-state index contributed by atoms with van der Waals surface area (Å²) in [4.78, 5) is 14.0. The topological polar surface area (TPSA) is 71.2 Å². The first-order chi connectivity index (χ1) is 6.20. The molecule has 0 atom stereocenters. The Morgan fingerprint density at radius 3 is 2.85 bits per heavy atom. The van der Waals surface area contributed by atoms with Gasteiger partial charge >= 0.3 is 0 Å². The zero-order chi connectivity index (χ0) is 9.84. The van der Waals surface area contributed by atoms with E-state index in [1.54, 1.807) is 6.20 Å². The summed E-state index contributed by atoms with van der Waals surface area (Å²) in [6, 6.07) is 1.81. The van der Waals surface area contributed by atoms with E-state index in [4.69, 9.17) is 5.84 Å². The average molecular weight is 179 g/mol. The number of Topliss-reactive ketones (excluding diaryl/α,β-unsaturated/α-hetero) is 1. The molecule has 1 aromatic rings. The highest BCUT2D eigenvalue weighted by Crippen LogP contribution is 2.10. The fraction of sp³-hybridized carbons (Fsp3) is 0.333. The number of hydrogen-bond donors (Lipinski definition) is 2. The second kappa shape index (κ2) is 3.89. The summed E-state index contributed by atoms with van der Waals surface area (Å²) >= 11 is 0. The molecular formula is C9H13N3O. The van der Waals surface area contributed by atoms with Crippen molar-refractivity contribution in [2.45, 2.75) is 20.3 Å². The van der Waals surface area contributed by atoms with E-state index < -0.39 is 0 Å². The molecule has 0 spiro atoms. The van der Waals surface area contributed by atoms with Crippen molar-refractivity contribution in [1.82, 2.24) is 4.98 Å². The third-order valence-corrected chi connectivity index (χ3v) is 1.90. The Hall–Kier alpha value is -1.58. The number of aromatic nitrogens is 1. The lowest BCUT2D eigenvalue weighted by Crippen LogP contribution is -2.07. The van der Waals surface area contributed by atoms with Crippen molar-refractivity contribution >= 4 is 11.5 Å². The van der Waals surface area contributed by atoms with Crippen LogP contribution in [0.4, 0.5) is 0 Å². The molecule has 0 amide bonds. The highest BCUT2D eigenvalue weighted by molar-refractivity contribution is 6.09. The maximum absolute atomic E-state index is 11.1. The van der Waals surface area contributed by atoms with Crippen LogP contribution in [0.2, 0.25) is 0 Å². The number of hydrazone groups is 1. The van der Waals surface area contributed by atoms with Crippen LogP contribution in [-0.2, 0) is 0 Å². The SMILES string of the molecule is CCC(=NN)c1cc[nH]c1C(C)=O. The number of H-pyrrole nitrogens is 1. The van der Waals surface area contributed by atoms with E-state index >= 15 is 0 Å². The van der Waals surface area contributed by atoms with Crippen molar-refractivity contribution in [3.8, 4) is 0 Å². The van der Waals surface area contributed by atoms with Crippen LogP contribution in [0.15, 0.2) is 17.4 Å². The smallest absolute Gasteiger partial charge is 0.176 e. The fourth-order valence-corrected chi connectivity index (χ4v) is 1.25. The van der Waals surface area contributed by atoms with E-state index in [1.165, 1.54) is 6.92 Å². The van der Waals surface area contributed by atoms with Crippen LogP contribution in [0.5, 0.6) is 0 Å². The van der Waals surface area contributed by atoms with Crippen LogP contribution in [0, 0.1) is 0 Å². The van der Waals surface area contributed by atoms with Gasteiger partial charge in [-0.2, -0.15) is 5.10 Å². The number of nitrogens with zero attached hydrogens (tertiary/aromatic N) is 1. The molecule has 4 heteroatoms. The number of hydrogen-bond acceptors (Lipinski definition) is 3. The van der Waals surface area contributed by atoms with Crippen LogP contribution < -0.4 is 5.84 Å². The number of aromatic amines is 1. The molecular weight excluding hydrogens is 166 g/mol. The number of carbonyl (C=O) groups excluding carboxylic acids is 1. The van der Waals surface area contributed by atoms with Crippen LogP contribution >= 0.6 is 0 Å². The zero-order valence-electron chi connectivity index (χ0n) is 7.79. The molecule has 0 radical (unpaired) electrons. The highest BCUT2D eigenvalue weighted by atomic mass is 16.1. The third-order valence-electron chi connectivity index (χ3n) is 1.90. The van der Waals surface area contributed by atoms with Gasteiger partial charge in [-0.25, -0.2) is 0 Å². The Bertz CT molecular complexity index is 338. The van der Waals surface area contributed by atoms with E-state index in [2.05, 4.69) is 10.1 Å². The van der Waals surface area contributed by atoms with Crippen molar-refractivity contribution in [1.29, 1.82) is 0 Å². The molecule has 70 valence electrons. The first-order valence-electron chi connectivity index (χ1n) is 4.16. The van der Waals surface area contributed by atoms with Gasteiger partial charge in [-0.1, -0.05) is 6.92 Å². The van der Waals surface area contributed by atoms with Gasteiger partial charge in [0.1, 0.15) is 0 Å². The van der Waals surface area contributed by atoms with Crippen molar-refractivity contribution in [3.05, 3.63) is 23.5 Å². The number of nitrogens with two attached hydrogens (primary N) is 1. The lowest BCUT2D eigenvalue weighted by atomic mass is 10.1. The second-order valence-electron chi connectivity index (χ2n) is 2.75. The van der Waals surface area contributed by atoms with Crippen LogP contribution in [0.25, 0.3) is 0 Å². The maximum atomic E-state index is 11.1. The number of carbonyl (C=O) groups is 1. The van der Waals surface area contributed by atoms with Crippen molar-refractivity contribution in [3.63, 3.8) is 0 Å². The Morgan fingerprint density at radius 1 is 1.69 bits per heavy atom. The molecule has 0 saturated carbocycles. The van der Waals surface area contributed by atoms with Crippen LogP contribution in [0.1, 0.15) is 36.3 Å².